The third-order valence-electron chi connectivity index (χ3n) is 1.06. The SMILES string of the molecule is C/C=C(\N=C(\Cl)CC)NC. The zero-order valence-electron chi connectivity index (χ0n) is 6.61. The average molecular weight is 161 g/mol. The van der Waals surface area contributed by atoms with E-state index in [1.807, 2.05) is 27.0 Å². The van der Waals surface area contributed by atoms with Crippen molar-refractivity contribution in [2.75, 3.05) is 7.05 Å². The second-order valence-corrected chi connectivity index (χ2v) is 2.20. The maximum atomic E-state index is 5.69. The van der Waals surface area contributed by atoms with Crippen LogP contribution in [0, 0.1) is 0 Å². The van der Waals surface area contributed by atoms with E-state index in [9.17, 15) is 0 Å². The Morgan fingerprint density at radius 1 is 1.70 bits per heavy atom. The van der Waals surface area contributed by atoms with Crippen molar-refractivity contribution in [1.29, 1.82) is 0 Å². The second-order valence-electron chi connectivity index (χ2n) is 1.77. The molecule has 0 aromatic rings. The van der Waals surface area contributed by atoms with Gasteiger partial charge in [-0.25, -0.2) is 4.99 Å². The topological polar surface area (TPSA) is 24.4 Å². The summed E-state index contributed by atoms with van der Waals surface area (Å²) in [5, 5.41) is 3.53. The van der Waals surface area contributed by atoms with Gasteiger partial charge < -0.3 is 5.32 Å². The smallest absolute Gasteiger partial charge is 0.122 e. The first-order chi connectivity index (χ1) is 4.74. The highest BCUT2D eigenvalue weighted by molar-refractivity contribution is 6.65. The maximum Gasteiger partial charge on any atom is 0.122 e. The number of hydrogen-bond donors (Lipinski definition) is 1. The summed E-state index contributed by atoms with van der Waals surface area (Å²) in [5.74, 6) is 0.812. The molecule has 2 nitrogen and oxygen atoms in total. The molecule has 0 bridgehead atoms. The van der Waals surface area contributed by atoms with Crippen molar-refractivity contribution in [1.82, 2.24) is 5.32 Å². The lowest BCUT2D eigenvalue weighted by Gasteiger charge is -1.98. The fourth-order valence-electron chi connectivity index (χ4n) is 0.475. The van der Waals surface area contributed by atoms with Crippen LogP contribution in [-0.2, 0) is 0 Å². The molecule has 1 N–H and O–H groups in total. The van der Waals surface area contributed by atoms with E-state index in [0.29, 0.717) is 5.17 Å². The fourth-order valence-corrected chi connectivity index (χ4v) is 0.566. The van der Waals surface area contributed by atoms with Crippen molar-refractivity contribution in [3.8, 4) is 0 Å². The van der Waals surface area contributed by atoms with E-state index < -0.39 is 0 Å². The molecule has 0 spiro atoms. The third kappa shape index (κ3) is 3.51. The van der Waals surface area contributed by atoms with Gasteiger partial charge in [0.1, 0.15) is 11.0 Å². The summed E-state index contributed by atoms with van der Waals surface area (Å²) < 4.78 is 0. The predicted octanol–water partition coefficient (Wildman–Crippen LogP) is 2.11. The molecule has 3 heteroatoms. The van der Waals surface area contributed by atoms with Gasteiger partial charge in [0.25, 0.3) is 0 Å². The predicted molar refractivity (Wildman–Crippen MR) is 46.4 cm³/mol. The van der Waals surface area contributed by atoms with Crippen molar-refractivity contribution < 1.29 is 0 Å². The Balaban J connectivity index is 4.08. The number of rotatable bonds is 3. The lowest BCUT2D eigenvalue weighted by atomic mass is 10.5. The molecule has 0 aliphatic carbocycles. The zero-order chi connectivity index (χ0) is 7.98. The van der Waals surface area contributed by atoms with Crippen LogP contribution >= 0.6 is 11.6 Å². The summed E-state index contributed by atoms with van der Waals surface area (Å²) in [5.41, 5.74) is 0. The highest BCUT2D eigenvalue weighted by Gasteiger charge is 1.89. The number of aliphatic imine (C=N–C) groups is 1. The molecule has 0 fully saturated rings. The van der Waals surface area contributed by atoms with Gasteiger partial charge in [-0.05, 0) is 19.4 Å². The first-order valence-electron chi connectivity index (χ1n) is 3.31. The van der Waals surface area contributed by atoms with Crippen LogP contribution in [-0.4, -0.2) is 12.2 Å². The van der Waals surface area contributed by atoms with Gasteiger partial charge in [0.05, 0.1) is 0 Å². The van der Waals surface area contributed by atoms with Gasteiger partial charge in [0.15, 0.2) is 0 Å². The Bertz CT molecular complexity index is 150. The molecule has 0 aliphatic rings. The first-order valence-corrected chi connectivity index (χ1v) is 3.69. The summed E-state index contributed by atoms with van der Waals surface area (Å²) in [6, 6.07) is 0. The number of nitrogens with zero attached hydrogens (tertiary/aromatic N) is 1. The number of allylic oxidation sites excluding steroid dienone is 1. The van der Waals surface area contributed by atoms with Crippen LogP contribution in [0.3, 0.4) is 0 Å². The van der Waals surface area contributed by atoms with Gasteiger partial charge in [-0.15, -0.1) is 0 Å². The molecule has 0 aliphatic heterocycles. The molecule has 0 saturated heterocycles. The van der Waals surface area contributed by atoms with Crippen molar-refractivity contribution in [2.45, 2.75) is 20.3 Å². The standard InChI is InChI=1S/C7H13ClN2/c1-4-6(8)10-7(5-2)9-3/h5,9H,4H2,1-3H3/b7-5-,10-6+. The van der Waals surface area contributed by atoms with Crippen LogP contribution in [0.4, 0.5) is 0 Å². The molecule has 0 heterocycles. The average Bonchev–Trinajstić information content (AvgIpc) is 1.99. The minimum absolute atomic E-state index is 0.627. The lowest BCUT2D eigenvalue weighted by Crippen LogP contribution is -2.04. The van der Waals surface area contributed by atoms with E-state index in [2.05, 4.69) is 10.3 Å². The van der Waals surface area contributed by atoms with Gasteiger partial charge in [-0.1, -0.05) is 18.5 Å². The Labute approximate surface area is 67.0 Å². The molecular formula is C7H13ClN2. The van der Waals surface area contributed by atoms with Gasteiger partial charge in [-0.3, -0.25) is 0 Å². The van der Waals surface area contributed by atoms with Crippen LogP contribution in [0.2, 0.25) is 0 Å². The second kappa shape index (κ2) is 5.30. The molecule has 0 aromatic heterocycles. The van der Waals surface area contributed by atoms with Gasteiger partial charge in [-0.2, -0.15) is 0 Å². The molecule has 0 saturated carbocycles. The molecule has 0 amide bonds. The minimum atomic E-state index is 0.627. The third-order valence-corrected chi connectivity index (χ3v) is 1.41. The van der Waals surface area contributed by atoms with E-state index >= 15 is 0 Å². The normalized spacial score (nSPS) is 13.6. The van der Waals surface area contributed by atoms with Crippen molar-refractivity contribution in [3.63, 3.8) is 0 Å². The Morgan fingerprint density at radius 2 is 2.30 bits per heavy atom. The Morgan fingerprint density at radius 3 is 2.60 bits per heavy atom. The van der Waals surface area contributed by atoms with Gasteiger partial charge in [0.2, 0.25) is 0 Å². The summed E-state index contributed by atoms with van der Waals surface area (Å²) >= 11 is 5.69. The molecular weight excluding hydrogens is 148 g/mol. The van der Waals surface area contributed by atoms with E-state index in [1.54, 1.807) is 0 Å². The van der Waals surface area contributed by atoms with E-state index in [0.717, 1.165) is 12.2 Å². The van der Waals surface area contributed by atoms with Gasteiger partial charge in [0, 0.05) is 7.05 Å². The zero-order valence-corrected chi connectivity index (χ0v) is 7.37. The highest BCUT2D eigenvalue weighted by Crippen LogP contribution is 1.97. The van der Waals surface area contributed by atoms with E-state index in [4.69, 9.17) is 11.6 Å². The molecule has 10 heavy (non-hydrogen) atoms. The van der Waals surface area contributed by atoms with Crippen LogP contribution in [0.1, 0.15) is 20.3 Å². The number of nitrogens with one attached hydrogen (secondary N) is 1. The van der Waals surface area contributed by atoms with Crippen LogP contribution in [0.25, 0.3) is 0 Å². The largest absolute Gasteiger partial charge is 0.373 e. The maximum absolute atomic E-state index is 5.69. The van der Waals surface area contributed by atoms with Crippen LogP contribution in [0.5, 0.6) is 0 Å². The van der Waals surface area contributed by atoms with E-state index in [-0.39, 0.29) is 0 Å². The van der Waals surface area contributed by atoms with Crippen molar-refractivity contribution in [3.05, 3.63) is 11.9 Å². The summed E-state index contributed by atoms with van der Waals surface area (Å²) in [6.07, 6.45) is 2.65. The summed E-state index contributed by atoms with van der Waals surface area (Å²) in [7, 11) is 1.82. The molecule has 0 aromatic carbocycles. The summed E-state index contributed by atoms with van der Waals surface area (Å²) in [6.45, 7) is 3.88. The van der Waals surface area contributed by atoms with Crippen molar-refractivity contribution in [2.24, 2.45) is 4.99 Å². The Kier molecular flexibility index (Phi) is 5.03. The summed E-state index contributed by atoms with van der Waals surface area (Å²) in [4.78, 5) is 4.06. The van der Waals surface area contributed by atoms with Crippen LogP contribution < -0.4 is 5.32 Å². The molecule has 58 valence electrons. The molecule has 0 rings (SSSR count). The van der Waals surface area contributed by atoms with E-state index in [1.165, 1.54) is 0 Å². The first kappa shape index (κ1) is 9.50. The van der Waals surface area contributed by atoms with Crippen molar-refractivity contribution >= 4 is 16.8 Å². The fraction of sp³-hybridized carbons (Fsp3) is 0.571. The molecule has 0 unspecified atom stereocenters. The highest BCUT2D eigenvalue weighted by atomic mass is 35.5. The lowest BCUT2D eigenvalue weighted by molar-refractivity contribution is 0.958. The molecule has 0 atom stereocenters. The number of hydrogen-bond acceptors (Lipinski definition) is 2. The molecule has 0 radical (unpaired) electrons. The quantitative estimate of drug-likeness (QED) is 0.629. The minimum Gasteiger partial charge on any atom is -0.373 e. The Hall–Kier alpha value is -0.500. The monoisotopic (exact) mass is 160 g/mol. The number of halogens is 1. The van der Waals surface area contributed by atoms with Crippen LogP contribution in [0.15, 0.2) is 16.9 Å². The van der Waals surface area contributed by atoms with Gasteiger partial charge >= 0.3 is 0 Å².